The van der Waals surface area contributed by atoms with Crippen molar-refractivity contribution in [2.75, 3.05) is 11.9 Å². The molecule has 0 radical (unpaired) electrons. The van der Waals surface area contributed by atoms with Crippen molar-refractivity contribution < 1.29 is 14.3 Å². The van der Waals surface area contributed by atoms with Crippen molar-refractivity contribution in [2.45, 2.75) is 38.5 Å². The highest BCUT2D eigenvalue weighted by atomic mass is 79.9. The lowest BCUT2D eigenvalue weighted by molar-refractivity contribution is 0.0682. The lowest BCUT2D eigenvalue weighted by atomic mass is 10.1. The minimum Gasteiger partial charge on any atom is -0.444 e. The molecule has 2 atom stereocenters. The lowest BCUT2D eigenvalue weighted by Crippen LogP contribution is -2.33. The van der Waals surface area contributed by atoms with Crippen molar-refractivity contribution in [3.8, 4) is 0 Å². The zero-order chi connectivity index (χ0) is 19.7. The van der Waals surface area contributed by atoms with Crippen LogP contribution in [0, 0.1) is 0 Å². The Balaban J connectivity index is 1.40. The van der Waals surface area contributed by atoms with Gasteiger partial charge in [-0.25, -0.2) is 14.3 Å². The van der Waals surface area contributed by atoms with E-state index in [0.29, 0.717) is 24.7 Å². The molecule has 2 unspecified atom stereocenters. The predicted octanol–water partition coefficient (Wildman–Crippen LogP) is 2.92. The maximum absolute atomic E-state index is 11.7. The van der Waals surface area contributed by atoms with Gasteiger partial charge in [0.05, 0.1) is 24.7 Å². The Kier molecular flexibility index (Phi) is 5.18. The molecule has 4 rings (SSSR count). The normalized spacial score (nSPS) is 19.3. The number of rotatable bonds is 5. The Bertz CT molecular complexity index is 986. The van der Waals surface area contributed by atoms with Crippen molar-refractivity contribution in [1.82, 2.24) is 30.1 Å². The summed E-state index contributed by atoms with van der Waals surface area (Å²) in [6.07, 6.45) is 3.00. The van der Waals surface area contributed by atoms with Gasteiger partial charge in [0, 0.05) is 18.5 Å². The molecule has 3 N–H and O–H groups in total. The van der Waals surface area contributed by atoms with E-state index in [9.17, 15) is 4.79 Å². The number of fused-ring (bicyclic) bond motifs is 1. The third kappa shape index (κ3) is 3.94. The molecule has 0 aliphatic carbocycles. The highest BCUT2D eigenvalue weighted by Gasteiger charge is 2.31. The summed E-state index contributed by atoms with van der Waals surface area (Å²) in [5, 5.41) is 17.4. The highest BCUT2D eigenvalue weighted by molar-refractivity contribution is 9.10. The largest absolute Gasteiger partial charge is 0.444 e. The van der Waals surface area contributed by atoms with E-state index in [1.807, 2.05) is 26.0 Å². The van der Waals surface area contributed by atoms with E-state index in [1.165, 1.54) is 0 Å². The van der Waals surface area contributed by atoms with Gasteiger partial charge in [-0.15, -0.1) is 0 Å². The van der Waals surface area contributed by atoms with Gasteiger partial charge in [0.2, 0.25) is 0 Å². The van der Waals surface area contributed by atoms with E-state index in [0.717, 1.165) is 15.8 Å². The molecular weight excluding hydrogens is 430 g/mol. The first-order valence-electron chi connectivity index (χ1n) is 8.89. The van der Waals surface area contributed by atoms with E-state index in [2.05, 4.69) is 46.8 Å². The van der Waals surface area contributed by atoms with E-state index < -0.39 is 6.09 Å². The summed E-state index contributed by atoms with van der Waals surface area (Å²) >= 11 is 3.41. The van der Waals surface area contributed by atoms with Gasteiger partial charge >= 0.3 is 6.09 Å². The van der Waals surface area contributed by atoms with Crippen LogP contribution in [0.4, 0.5) is 16.4 Å². The summed E-state index contributed by atoms with van der Waals surface area (Å²) in [6.45, 7) is 4.11. The van der Waals surface area contributed by atoms with Crippen molar-refractivity contribution in [1.29, 1.82) is 0 Å². The van der Waals surface area contributed by atoms with Crippen molar-refractivity contribution >= 4 is 39.2 Å². The summed E-state index contributed by atoms with van der Waals surface area (Å²) in [6, 6.07) is 3.75. The molecule has 0 saturated carbocycles. The Morgan fingerprint density at radius 2 is 2.36 bits per heavy atom. The topological polar surface area (TPSA) is 118 Å². The van der Waals surface area contributed by atoms with Crippen LogP contribution in [0.15, 0.2) is 29.1 Å². The van der Waals surface area contributed by atoms with Gasteiger partial charge in [0.1, 0.15) is 22.3 Å². The minimum absolute atomic E-state index is 0.0290. The molecule has 28 heavy (non-hydrogen) atoms. The zero-order valence-electron chi connectivity index (χ0n) is 15.3. The first-order valence-corrected chi connectivity index (χ1v) is 9.68. The number of carbonyl (C=O) groups excluding carboxylic acids is 1. The molecule has 1 aliphatic heterocycles. The summed E-state index contributed by atoms with van der Waals surface area (Å²) in [5.41, 5.74) is 1.63. The first kappa shape index (κ1) is 18.7. The van der Waals surface area contributed by atoms with Crippen LogP contribution in [0.5, 0.6) is 0 Å². The van der Waals surface area contributed by atoms with Crippen LogP contribution in [-0.2, 0) is 9.47 Å². The van der Waals surface area contributed by atoms with Gasteiger partial charge in [-0.3, -0.25) is 5.10 Å². The number of H-pyrrole nitrogens is 1. The number of halogens is 1. The van der Waals surface area contributed by atoms with Gasteiger partial charge in [0.25, 0.3) is 0 Å². The predicted molar refractivity (Wildman–Crippen MR) is 104 cm³/mol. The molecule has 10 nitrogen and oxygen atoms in total. The van der Waals surface area contributed by atoms with Gasteiger partial charge in [0.15, 0.2) is 11.6 Å². The van der Waals surface area contributed by atoms with E-state index in [1.54, 1.807) is 16.9 Å². The van der Waals surface area contributed by atoms with Crippen molar-refractivity contribution in [2.24, 2.45) is 0 Å². The Hall–Kier alpha value is -2.66. The fourth-order valence-electron chi connectivity index (χ4n) is 2.99. The number of carbonyl (C=O) groups is 1. The van der Waals surface area contributed by atoms with Gasteiger partial charge in [-0.05, 0) is 35.8 Å². The summed E-state index contributed by atoms with van der Waals surface area (Å²) < 4.78 is 13.6. The van der Waals surface area contributed by atoms with Crippen LogP contribution in [0.3, 0.4) is 0 Å². The molecule has 0 aromatic carbocycles. The fraction of sp³-hybridized carbons (Fsp3) is 0.412. The fourth-order valence-corrected chi connectivity index (χ4v) is 3.38. The smallest absolute Gasteiger partial charge is 0.407 e. The Morgan fingerprint density at radius 3 is 3.18 bits per heavy atom. The highest BCUT2D eigenvalue weighted by Crippen LogP contribution is 2.31. The molecule has 1 aliphatic rings. The number of alkyl carbamates (subject to hydrolysis) is 1. The third-order valence-corrected chi connectivity index (χ3v) is 4.76. The van der Waals surface area contributed by atoms with Gasteiger partial charge in [-0.1, -0.05) is 0 Å². The number of nitrogens with one attached hydrogen (secondary N) is 3. The summed E-state index contributed by atoms with van der Waals surface area (Å²) in [5.74, 6) is 1.25. The summed E-state index contributed by atoms with van der Waals surface area (Å²) in [4.78, 5) is 16.1. The zero-order valence-corrected chi connectivity index (χ0v) is 16.9. The second kappa shape index (κ2) is 7.76. The van der Waals surface area contributed by atoms with Crippen molar-refractivity contribution in [3.05, 3.63) is 34.8 Å². The monoisotopic (exact) mass is 449 g/mol. The third-order valence-electron chi connectivity index (χ3n) is 4.22. The van der Waals surface area contributed by atoms with Gasteiger partial charge in [-0.2, -0.15) is 10.2 Å². The average molecular weight is 450 g/mol. The maximum Gasteiger partial charge on any atom is 0.407 e. The number of hydrogen-bond donors (Lipinski definition) is 3. The number of amides is 1. The first-order chi connectivity index (χ1) is 13.5. The standard InChI is InChI=1S/C17H20BrN7O3/c1-9(2)21-17(26)28-10-5-13(27-8-10)11-6-15(24-23-11)22-16-12-3-4-20-25(12)14(18)7-19-16/h3-4,6-7,9-10,13H,5,8H2,1-2H3,(H,21,26)(H2,19,22,23,24). The number of anilines is 2. The van der Waals surface area contributed by atoms with Crippen LogP contribution >= 0.6 is 15.9 Å². The molecular formula is C17H20BrN7O3. The SMILES string of the molecule is CC(C)NC(=O)OC1COC(c2cc(Nc3ncc(Br)n4nccc34)n[nH]2)C1. The van der Waals surface area contributed by atoms with Gasteiger partial charge < -0.3 is 20.1 Å². The molecule has 4 heterocycles. The molecule has 0 spiro atoms. The van der Waals surface area contributed by atoms with Crippen LogP contribution in [0.25, 0.3) is 5.52 Å². The van der Waals surface area contributed by atoms with Crippen LogP contribution < -0.4 is 10.6 Å². The van der Waals surface area contributed by atoms with E-state index >= 15 is 0 Å². The number of aromatic nitrogens is 5. The minimum atomic E-state index is -0.428. The van der Waals surface area contributed by atoms with Crippen molar-refractivity contribution in [3.63, 3.8) is 0 Å². The number of ether oxygens (including phenoxy) is 2. The average Bonchev–Trinajstić information content (AvgIpc) is 3.36. The molecule has 11 heteroatoms. The molecule has 0 bridgehead atoms. The number of aromatic amines is 1. The summed E-state index contributed by atoms with van der Waals surface area (Å²) in [7, 11) is 0. The van der Waals surface area contributed by atoms with Crippen LogP contribution in [0.2, 0.25) is 0 Å². The second-order valence-corrected chi connectivity index (χ2v) is 7.59. The molecule has 148 valence electrons. The van der Waals surface area contributed by atoms with Crippen LogP contribution in [0.1, 0.15) is 32.1 Å². The quantitative estimate of drug-likeness (QED) is 0.547. The van der Waals surface area contributed by atoms with Crippen LogP contribution in [-0.4, -0.2) is 49.6 Å². The van der Waals surface area contributed by atoms with E-state index in [4.69, 9.17) is 9.47 Å². The maximum atomic E-state index is 11.7. The number of nitrogens with zero attached hydrogens (tertiary/aromatic N) is 4. The molecule has 1 amide bonds. The van der Waals surface area contributed by atoms with E-state index in [-0.39, 0.29) is 18.2 Å². The molecule has 3 aromatic heterocycles. The molecule has 3 aromatic rings. The molecule has 1 saturated heterocycles. The molecule has 1 fully saturated rings. The number of hydrogen-bond acceptors (Lipinski definition) is 7. The lowest BCUT2D eigenvalue weighted by Gasteiger charge is -2.13. The Labute approximate surface area is 169 Å². The Morgan fingerprint density at radius 1 is 1.50 bits per heavy atom. The second-order valence-electron chi connectivity index (χ2n) is 6.78.